The number of aromatic nitrogens is 1. The zero-order valence-electron chi connectivity index (χ0n) is 11.0. The molecule has 4 heteroatoms. The van der Waals surface area contributed by atoms with Crippen molar-refractivity contribution in [2.75, 3.05) is 20.7 Å². The van der Waals surface area contributed by atoms with Gasteiger partial charge in [-0.05, 0) is 30.2 Å². The Morgan fingerprint density at radius 3 is 2.89 bits per heavy atom. The van der Waals surface area contributed by atoms with Crippen LogP contribution in [0, 0.1) is 0 Å². The van der Waals surface area contributed by atoms with E-state index in [-0.39, 0.29) is 5.91 Å². The quantitative estimate of drug-likeness (QED) is 0.898. The predicted octanol–water partition coefficient (Wildman–Crippen LogP) is 2.20. The smallest absolute Gasteiger partial charge is 0.219 e. The summed E-state index contributed by atoms with van der Waals surface area (Å²) in [7, 11) is 3.48. The van der Waals surface area contributed by atoms with Crippen LogP contribution in [0.25, 0.3) is 10.9 Å². The highest BCUT2D eigenvalue weighted by Gasteiger charge is 2.07. The molecule has 4 nitrogen and oxygen atoms in total. The summed E-state index contributed by atoms with van der Waals surface area (Å²) >= 11 is 0. The maximum atomic E-state index is 11.2. The Labute approximate surface area is 107 Å². The Hall–Kier alpha value is -1.97. The SMILES string of the molecule is COc1ccc2[nH]cc(CCN(C)C(C)=O)c2c1. The molecule has 0 radical (unpaired) electrons. The van der Waals surface area contributed by atoms with Crippen LogP contribution in [0.4, 0.5) is 0 Å². The molecule has 0 spiro atoms. The number of nitrogens with zero attached hydrogens (tertiary/aromatic N) is 1. The number of fused-ring (bicyclic) bond motifs is 1. The van der Waals surface area contributed by atoms with E-state index >= 15 is 0 Å². The number of ether oxygens (including phenoxy) is 1. The van der Waals surface area contributed by atoms with E-state index in [1.54, 1.807) is 18.9 Å². The van der Waals surface area contributed by atoms with Crippen molar-refractivity contribution >= 4 is 16.8 Å². The Kier molecular flexibility index (Phi) is 3.55. The fourth-order valence-corrected chi connectivity index (χ4v) is 1.94. The minimum absolute atomic E-state index is 0.0902. The molecule has 0 atom stereocenters. The number of amides is 1. The lowest BCUT2D eigenvalue weighted by atomic mass is 10.1. The largest absolute Gasteiger partial charge is 0.497 e. The monoisotopic (exact) mass is 246 g/mol. The van der Waals surface area contributed by atoms with Gasteiger partial charge in [-0.3, -0.25) is 4.79 Å². The Bertz CT molecular complexity index is 560. The second-order valence-corrected chi connectivity index (χ2v) is 4.42. The summed E-state index contributed by atoms with van der Waals surface area (Å²) in [5.74, 6) is 0.940. The van der Waals surface area contributed by atoms with Crippen molar-refractivity contribution < 1.29 is 9.53 Å². The molecule has 1 amide bonds. The van der Waals surface area contributed by atoms with Gasteiger partial charge in [0.05, 0.1) is 7.11 Å². The number of nitrogens with one attached hydrogen (secondary N) is 1. The molecule has 0 saturated heterocycles. The lowest BCUT2D eigenvalue weighted by Crippen LogP contribution is -2.25. The van der Waals surface area contributed by atoms with Crippen molar-refractivity contribution in [3.05, 3.63) is 30.0 Å². The lowest BCUT2D eigenvalue weighted by Gasteiger charge is -2.13. The van der Waals surface area contributed by atoms with Gasteiger partial charge in [0.15, 0.2) is 0 Å². The molecule has 1 heterocycles. The van der Waals surface area contributed by atoms with Gasteiger partial charge in [0.1, 0.15) is 5.75 Å². The summed E-state index contributed by atoms with van der Waals surface area (Å²) in [5.41, 5.74) is 2.30. The number of H-pyrrole nitrogens is 1. The minimum atomic E-state index is 0.0902. The van der Waals surface area contributed by atoms with Gasteiger partial charge < -0.3 is 14.6 Å². The molecule has 2 aromatic rings. The van der Waals surface area contributed by atoms with Crippen molar-refractivity contribution in [2.45, 2.75) is 13.3 Å². The van der Waals surface area contributed by atoms with Gasteiger partial charge in [0.2, 0.25) is 5.91 Å². The average Bonchev–Trinajstić information content (AvgIpc) is 2.77. The second kappa shape index (κ2) is 5.12. The molecular formula is C14H18N2O2. The third kappa shape index (κ3) is 2.47. The highest BCUT2D eigenvalue weighted by molar-refractivity contribution is 5.84. The Balaban J connectivity index is 2.20. The maximum Gasteiger partial charge on any atom is 0.219 e. The highest BCUT2D eigenvalue weighted by Crippen LogP contribution is 2.23. The first-order valence-corrected chi connectivity index (χ1v) is 5.97. The molecule has 0 saturated carbocycles. The van der Waals surface area contributed by atoms with E-state index in [0.29, 0.717) is 0 Å². The van der Waals surface area contributed by atoms with Crippen LogP contribution in [0.3, 0.4) is 0 Å². The van der Waals surface area contributed by atoms with Crippen LogP contribution in [0.15, 0.2) is 24.4 Å². The van der Waals surface area contributed by atoms with Crippen LogP contribution in [-0.4, -0.2) is 36.5 Å². The normalized spacial score (nSPS) is 10.6. The van der Waals surface area contributed by atoms with Gasteiger partial charge in [0, 0.05) is 37.6 Å². The number of likely N-dealkylation sites (N-methyl/N-ethyl adjacent to an activating group) is 1. The molecule has 0 fully saturated rings. The maximum absolute atomic E-state index is 11.2. The number of hydrogen-bond donors (Lipinski definition) is 1. The van der Waals surface area contributed by atoms with Crippen LogP contribution in [0.1, 0.15) is 12.5 Å². The molecule has 2 rings (SSSR count). The molecule has 1 aromatic carbocycles. The standard InChI is InChI=1S/C14H18N2O2/c1-10(17)16(2)7-6-11-9-15-14-5-4-12(18-3)8-13(11)14/h4-5,8-9,15H,6-7H2,1-3H3. The molecule has 0 bridgehead atoms. The number of carbonyl (C=O) groups excluding carboxylic acids is 1. The molecule has 0 unspecified atom stereocenters. The van der Waals surface area contributed by atoms with E-state index < -0.39 is 0 Å². The second-order valence-electron chi connectivity index (χ2n) is 4.42. The van der Waals surface area contributed by atoms with Crippen molar-refractivity contribution in [1.29, 1.82) is 0 Å². The first-order valence-electron chi connectivity index (χ1n) is 5.97. The number of carbonyl (C=O) groups is 1. The van der Waals surface area contributed by atoms with Gasteiger partial charge in [-0.2, -0.15) is 0 Å². The van der Waals surface area contributed by atoms with Crippen molar-refractivity contribution in [2.24, 2.45) is 0 Å². The third-order valence-electron chi connectivity index (χ3n) is 3.23. The van der Waals surface area contributed by atoms with E-state index in [9.17, 15) is 4.79 Å². The zero-order valence-corrected chi connectivity index (χ0v) is 11.0. The van der Waals surface area contributed by atoms with Crippen LogP contribution in [-0.2, 0) is 11.2 Å². The summed E-state index contributed by atoms with van der Waals surface area (Å²) in [6.45, 7) is 2.30. The zero-order chi connectivity index (χ0) is 13.1. The summed E-state index contributed by atoms with van der Waals surface area (Å²) in [4.78, 5) is 16.1. The highest BCUT2D eigenvalue weighted by atomic mass is 16.5. The van der Waals surface area contributed by atoms with Gasteiger partial charge in [-0.25, -0.2) is 0 Å². The van der Waals surface area contributed by atoms with Crippen LogP contribution in [0.2, 0.25) is 0 Å². The van der Waals surface area contributed by atoms with E-state index in [0.717, 1.165) is 29.6 Å². The number of hydrogen-bond acceptors (Lipinski definition) is 2. The number of rotatable bonds is 4. The van der Waals surface area contributed by atoms with Gasteiger partial charge >= 0.3 is 0 Å². The Morgan fingerprint density at radius 1 is 1.44 bits per heavy atom. The summed E-state index contributed by atoms with van der Waals surface area (Å²) in [6, 6.07) is 5.96. The van der Waals surface area contributed by atoms with Gasteiger partial charge in [0.25, 0.3) is 0 Å². The fraction of sp³-hybridized carbons (Fsp3) is 0.357. The van der Waals surface area contributed by atoms with Crippen molar-refractivity contribution in [3.63, 3.8) is 0 Å². The first-order chi connectivity index (χ1) is 8.61. The first kappa shape index (κ1) is 12.5. The fourth-order valence-electron chi connectivity index (χ4n) is 1.94. The molecule has 1 N–H and O–H groups in total. The molecule has 18 heavy (non-hydrogen) atoms. The van der Waals surface area contributed by atoms with E-state index in [1.165, 1.54) is 5.56 Å². The van der Waals surface area contributed by atoms with Crippen LogP contribution in [0.5, 0.6) is 5.75 Å². The average molecular weight is 246 g/mol. The van der Waals surface area contributed by atoms with Crippen LogP contribution < -0.4 is 4.74 Å². The topological polar surface area (TPSA) is 45.3 Å². The van der Waals surface area contributed by atoms with Crippen LogP contribution >= 0.6 is 0 Å². The predicted molar refractivity (Wildman–Crippen MR) is 71.9 cm³/mol. The summed E-state index contributed by atoms with van der Waals surface area (Å²) < 4.78 is 5.23. The van der Waals surface area contributed by atoms with E-state index in [1.807, 2.05) is 31.4 Å². The molecule has 0 aliphatic carbocycles. The van der Waals surface area contributed by atoms with Crippen molar-refractivity contribution in [3.8, 4) is 5.75 Å². The number of benzene rings is 1. The van der Waals surface area contributed by atoms with E-state index in [4.69, 9.17) is 4.74 Å². The Morgan fingerprint density at radius 2 is 2.22 bits per heavy atom. The molecule has 96 valence electrons. The molecular weight excluding hydrogens is 228 g/mol. The summed E-state index contributed by atoms with van der Waals surface area (Å²) in [5, 5.41) is 1.16. The minimum Gasteiger partial charge on any atom is -0.497 e. The lowest BCUT2D eigenvalue weighted by molar-refractivity contribution is -0.127. The number of aromatic amines is 1. The van der Waals surface area contributed by atoms with E-state index in [2.05, 4.69) is 4.98 Å². The van der Waals surface area contributed by atoms with Gasteiger partial charge in [-0.1, -0.05) is 0 Å². The third-order valence-corrected chi connectivity index (χ3v) is 3.23. The molecule has 1 aromatic heterocycles. The van der Waals surface area contributed by atoms with Crippen molar-refractivity contribution in [1.82, 2.24) is 9.88 Å². The summed E-state index contributed by atoms with van der Waals surface area (Å²) in [6.07, 6.45) is 2.83. The number of methoxy groups -OCH3 is 1. The van der Waals surface area contributed by atoms with Gasteiger partial charge in [-0.15, -0.1) is 0 Å². The molecule has 0 aliphatic heterocycles. The molecule has 0 aliphatic rings.